The van der Waals surface area contributed by atoms with Crippen molar-refractivity contribution in [3.63, 3.8) is 0 Å². The molecule has 0 bridgehead atoms. The Morgan fingerprint density at radius 1 is 1.23 bits per heavy atom. The molecule has 0 saturated heterocycles. The predicted molar refractivity (Wildman–Crippen MR) is 83.5 cm³/mol. The highest BCUT2D eigenvalue weighted by molar-refractivity contribution is 9.11. The summed E-state index contributed by atoms with van der Waals surface area (Å²) in [5.41, 5.74) is 0.484. The predicted octanol–water partition coefficient (Wildman–Crippen LogP) is 5.12. The van der Waals surface area contributed by atoms with Gasteiger partial charge in [-0.15, -0.1) is 11.3 Å². The van der Waals surface area contributed by atoms with Crippen LogP contribution in [0.2, 0.25) is 0 Å². The lowest BCUT2D eigenvalue weighted by Gasteiger charge is -2.29. The Hall–Kier alpha value is -1.34. The van der Waals surface area contributed by atoms with E-state index in [1.54, 1.807) is 17.0 Å². The molecule has 0 unspecified atom stereocenters. The molecule has 0 radical (unpaired) electrons. The lowest BCUT2D eigenvalue weighted by Crippen LogP contribution is -2.35. The van der Waals surface area contributed by atoms with Crippen LogP contribution in [-0.2, 0) is 12.6 Å². The van der Waals surface area contributed by atoms with Gasteiger partial charge >= 0.3 is 6.18 Å². The summed E-state index contributed by atoms with van der Waals surface area (Å²) in [6.45, 7) is 0.521. The van der Waals surface area contributed by atoms with Gasteiger partial charge in [-0.2, -0.15) is 13.2 Å². The average molecular weight is 390 g/mol. The molecule has 2 heterocycles. The molecule has 0 atom stereocenters. The van der Waals surface area contributed by atoms with E-state index < -0.39 is 11.7 Å². The monoisotopic (exact) mass is 389 g/mol. The van der Waals surface area contributed by atoms with Gasteiger partial charge in [0.15, 0.2) is 0 Å². The van der Waals surface area contributed by atoms with E-state index in [4.69, 9.17) is 0 Å². The van der Waals surface area contributed by atoms with Gasteiger partial charge in [0.1, 0.15) is 0 Å². The van der Waals surface area contributed by atoms with Crippen molar-refractivity contribution in [3.8, 4) is 0 Å². The standard InChI is InChI=1S/C15H11BrF3NOS/c16-13-6-5-12(22-13)14(21)20-7-1-2-9-8-10(15(17,18)19)3-4-11(9)20/h3-6,8H,1-2,7H2. The van der Waals surface area contributed by atoms with Gasteiger partial charge < -0.3 is 4.90 Å². The molecule has 1 amide bonds. The number of nitrogens with zero attached hydrogens (tertiary/aromatic N) is 1. The fourth-order valence-electron chi connectivity index (χ4n) is 2.55. The first-order valence-electron chi connectivity index (χ1n) is 6.63. The van der Waals surface area contributed by atoms with Crippen LogP contribution in [0.1, 0.15) is 27.2 Å². The lowest BCUT2D eigenvalue weighted by atomic mass is 9.99. The Balaban J connectivity index is 1.96. The summed E-state index contributed by atoms with van der Waals surface area (Å²) in [7, 11) is 0. The normalized spacial score (nSPS) is 14.8. The second kappa shape index (κ2) is 5.70. The molecule has 1 aromatic heterocycles. The number of alkyl halides is 3. The van der Waals surface area contributed by atoms with Crippen LogP contribution in [0.4, 0.5) is 18.9 Å². The van der Waals surface area contributed by atoms with Gasteiger partial charge in [0.05, 0.1) is 14.2 Å². The number of amides is 1. The van der Waals surface area contributed by atoms with Gasteiger partial charge in [0, 0.05) is 12.2 Å². The summed E-state index contributed by atoms with van der Waals surface area (Å²) in [5.74, 6) is -0.170. The topological polar surface area (TPSA) is 20.3 Å². The third kappa shape index (κ3) is 2.92. The number of halogens is 4. The molecule has 1 aliphatic heterocycles. The van der Waals surface area contributed by atoms with E-state index in [2.05, 4.69) is 15.9 Å². The van der Waals surface area contributed by atoms with Crippen LogP contribution in [-0.4, -0.2) is 12.5 Å². The molecule has 0 fully saturated rings. The van der Waals surface area contributed by atoms with Crippen molar-refractivity contribution in [3.05, 3.63) is 50.1 Å². The zero-order valence-electron chi connectivity index (χ0n) is 11.3. The summed E-state index contributed by atoms with van der Waals surface area (Å²) in [6.07, 6.45) is -3.15. The number of anilines is 1. The lowest BCUT2D eigenvalue weighted by molar-refractivity contribution is -0.137. The van der Waals surface area contributed by atoms with E-state index in [0.29, 0.717) is 35.5 Å². The fourth-order valence-corrected chi connectivity index (χ4v) is 3.88. The smallest absolute Gasteiger partial charge is 0.307 e. The molecule has 0 aliphatic carbocycles. The van der Waals surface area contributed by atoms with E-state index in [-0.39, 0.29) is 5.91 Å². The van der Waals surface area contributed by atoms with Crippen LogP contribution in [0.15, 0.2) is 34.1 Å². The number of thiophene rings is 1. The molecule has 0 saturated carbocycles. The maximum Gasteiger partial charge on any atom is 0.416 e. The van der Waals surface area contributed by atoms with Crippen LogP contribution < -0.4 is 4.90 Å². The highest BCUT2D eigenvalue weighted by Crippen LogP contribution is 2.36. The van der Waals surface area contributed by atoms with Crippen molar-refractivity contribution in [1.29, 1.82) is 0 Å². The van der Waals surface area contributed by atoms with Crippen LogP contribution in [0, 0.1) is 0 Å². The third-order valence-corrected chi connectivity index (χ3v) is 5.17. The number of carbonyl (C=O) groups excluding carboxylic acids is 1. The number of benzene rings is 1. The number of carbonyl (C=O) groups is 1. The summed E-state index contributed by atoms with van der Waals surface area (Å²) in [4.78, 5) is 14.7. The number of fused-ring (bicyclic) bond motifs is 1. The first-order valence-corrected chi connectivity index (χ1v) is 8.24. The van der Waals surface area contributed by atoms with Crippen molar-refractivity contribution < 1.29 is 18.0 Å². The quantitative estimate of drug-likeness (QED) is 0.662. The minimum atomic E-state index is -4.36. The number of rotatable bonds is 1. The number of hydrogen-bond donors (Lipinski definition) is 0. The molecule has 1 aromatic carbocycles. The van der Waals surface area contributed by atoms with Gasteiger partial charge in [-0.05, 0) is 64.7 Å². The molecule has 3 rings (SSSR count). The molecule has 0 N–H and O–H groups in total. The third-order valence-electron chi connectivity index (χ3n) is 3.55. The zero-order valence-corrected chi connectivity index (χ0v) is 13.7. The van der Waals surface area contributed by atoms with Crippen LogP contribution in [0.25, 0.3) is 0 Å². The van der Waals surface area contributed by atoms with E-state index >= 15 is 0 Å². The minimum Gasteiger partial charge on any atom is -0.307 e. The van der Waals surface area contributed by atoms with Crippen molar-refractivity contribution >= 4 is 38.9 Å². The number of hydrogen-bond acceptors (Lipinski definition) is 2. The maximum absolute atomic E-state index is 12.8. The van der Waals surface area contributed by atoms with E-state index in [9.17, 15) is 18.0 Å². The minimum absolute atomic E-state index is 0.170. The van der Waals surface area contributed by atoms with Crippen LogP contribution in [0.5, 0.6) is 0 Å². The molecule has 116 valence electrons. The molecule has 2 nitrogen and oxygen atoms in total. The Morgan fingerprint density at radius 2 is 2.00 bits per heavy atom. The fraction of sp³-hybridized carbons (Fsp3) is 0.267. The van der Waals surface area contributed by atoms with E-state index in [1.165, 1.54) is 17.4 Å². The molecule has 1 aliphatic rings. The van der Waals surface area contributed by atoms with Crippen molar-refractivity contribution in [2.24, 2.45) is 0 Å². The largest absolute Gasteiger partial charge is 0.416 e. The maximum atomic E-state index is 12.8. The van der Waals surface area contributed by atoms with Gasteiger partial charge in [-0.25, -0.2) is 0 Å². The van der Waals surface area contributed by atoms with Crippen molar-refractivity contribution in [2.75, 3.05) is 11.4 Å². The molecule has 0 spiro atoms. The highest BCUT2D eigenvalue weighted by Gasteiger charge is 2.33. The highest BCUT2D eigenvalue weighted by atomic mass is 79.9. The zero-order chi connectivity index (χ0) is 15.9. The Bertz CT molecular complexity index is 726. The van der Waals surface area contributed by atoms with Crippen LogP contribution >= 0.6 is 27.3 Å². The Kier molecular flexibility index (Phi) is 4.03. The molecular formula is C15H11BrF3NOS. The number of aryl methyl sites for hydroxylation is 1. The molecule has 7 heteroatoms. The first-order chi connectivity index (χ1) is 10.4. The van der Waals surface area contributed by atoms with Gasteiger partial charge in [0.25, 0.3) is 5.91 Å². The van der Waals surface area contributed by atoms with Crippen molar-refractivity contribution in [1.82, 2.24) is 0 Å². The average Bonchev–Trinajstić information content (AvgIpc) is 2.91. The van der Waals surface area contributed by atoms with Gasteiger partial charge in [-0.3, -0.25) is 4.79 Å². The van der Waals surface area contributed by atoms with Crippen LogP contribution in [0.3, 0.4) is 0 Å². The summed E-state index contributed by atoms with van der Waals surface area (Å²) < 4.78 is 39.2. The second-order valence-corrected chi connectivity index (χ2v) is 7.47. The Labute approximate surface area is 137 Å². The summed E-state index contributed by atoms with van der Waals surface area (Å²) in [6, 6.07) is 7.09. The van der Waals surface area contributed by atoms with Crippen molar-refractivity contribution in [2.45, 2.75) is 19.0 Å². The van der Waals surface area contributed by atoms with E-state index in [1.807, 2.05) is 0 Å². The molecule has 2 aromatic rings. The molecular weight excluding hydrogens is 379 g/mol. The molecule has 22 heavy (non-hydrogen) atoms. The Morgan fingerprint density at radius 3 is 2.64 bits per heavy atom. The van der Waals surface area contributed by atoms with Gasteiger partial charge in [-0.1, -0.05) is 0 Å². The summed E-state index contributed by atoms with van der Waals surface area (Å²) in [5, 5.41) is 0. The first kappa shape index (κ1) is 15.6. The summed E-state index contributed by atoms with van der Waals surface area (Å²) >= 11 is 4.63. The van der Waals surface area contributed by atoms with Gasteiger partial charge in [0.2, 0.25) is 0 Å². The second-order valence-electron chi connectivity index (χ2n) is 5.01. The SMILES string of the molecule is O=C(c1ccc(Br)s1)N1CCCc2cc(C(F)(F)F)ccc21. The van der Waals surface area contributed by atoms with E-state index in [0.717, 1.165) is 15.9 Å².